The van der Waals surface area contributed by atoms with Crippen LogP contribution in [0.5, 0.6) is 0 Å². The Morgan fingerprint density at radius 2 is 1.85 bits per heavy atom. The normalized spacial score (nSPS) is 13.0. The zero-order valence-corrected chi connectivity index (χ0v) is 15.4. The highest BCUT2D eigenvalue weighted by atomic mass is 16.2. The fourth-order valence-corrected chi connectivity index (χ4v) is 3.04. The van der Waals surface area contributed by atoms with Gasteiger partial charge in [0.05, 0.1) is 0 Å². The molecule has 1 aliphatic heterocycles. The largest absolute Gasteiger partial charge is 0.322 e. The first-order valence-electron chi connectivity index (χ1n) is 8.61. The number of anilines is 3. The number of nitrogens with one attached hydrogen (secondary N) is 1. The van der Waals surface area contributed by atoms with Crippen LogP contribution in [0, 0.1) is 0 Å². The van der Waals surface area contributed by atoms with Crippen molar-refractivity contribution in [1.29, 1.82) is 0 Å². The molecule has 3 rings (SSSR count). The van der Waals surface area contributed by atoms with Gasteiger partial charge in [-0.05, 0) is 60.5 Å². The van der Waals surface area contributed by atoms with Crippen molar-refractivity contribution in [2.45, 2.75) is 12.8 Å². The van der Waals surface area contributed by atoms with Crippen LogP contribution < -0.4 is 15.1 Å². The molecule has 0 spiro atoms. The fourth-order valence-electron chi connectivity index (χ4n) is 3.04. The van der Waals surface area contributed by atoms with Crippen molar-refractivity contribution in [2.24, 2.45) is 0 Å². The zero-order valence-electron chi connectivity index (χ0n) is 15.4. The van der Waals surface area contributed by atoms with Gasteiger partial charge < -0.3 is 15.1 Å². The molecular formula is C21H21N3O3. The van der Waals surface area contributed by atoms with Crippen molar-refractivity contribution in [3.8, 4) is 0 Å². The lowest BCUT2D eigenvalue weighted by Gasteiger charge is -2.26. The molecule has 0 aliphatic carbocycles. The number of carbonyl (C=O) groups is 3. The van der Waals surface area contributed by atoms with E-state index in [1.807, 2.05) is 12.1 Å². The third-order valence-corrected chi connectivity index (χ3v) is 4.70. The summed E-state index contributed by atoms with van der Waals surface area (Å²) in [7, 11) is 3.40. The monoisotopic (exact) mass is 363 g/mol. The predicted octanol–water partition coefficient (Wildman–Crippen LogP) is 3.00. The van der Waals surface area contributed by atoms with Crippen molar-refractivity contribution in [1.82, 2.24) is 0 Å². The maximum absolute atomic E-state index is 12.5. The van der Waals surface area contributed by atoms with Crippen LogP contribution >= 0.6 is 0 Å². The lowest BCUT2D eigenvalue weighted by molar-refractivity contribution is -0.118. The number of fused-ring (bicyclic) bond motifs is 1. The van der Waals surface area contributed by atoms with Crippen LogP contribution in [0.1, 0.15) is 22.3 Å². The first-order valence-corrected chi connectivity index (χ1v) is 8.61. The van der Waals surface area contributed by atoms with E-state index in [1.165, 1.54) is 11.0 Å². The molecule has 6 nitrogen and oxygen atoms in total. The molecule has 0 saturated heterocycles. The Morgan fingerprint density at radius 1 is 1.15 bits per heavy atom. The number of benzene rings is 2. The van der Waals surface area contributed by atoms with E-state index in [1.54, 1.807) is 49.3 Å². The van der Waals surface area contributed by atoms with E-state index in [4.69, 9.17) is 0 Å². The van der Waals surface area contributed by atoms with Gasteiger partial charge in [0, 0.05) is 43.1 Å². The van der Waals surface area contributed by atoms with E-state index < -0.39 is 0 Å². The average molecular weight is 363 g/mol. The van der Waals surface area contributed by atoms with Gasteiger partial charge in [0.1, 0.15) is 0 Å². The van der Waals surface area contributed by atoms with Gasteiger partial charge in [-0.3, -0.25) is 14.4 Å². The highest BCUT2D eigenvalue weighted by Crippen LogP contribution is 2.29. The summed E-state index contributed by atoms with van der Waals surface area (Å²) in [4.78, 5) is 39.0. The van der Waals surface area contributed by atoms with Crippen LogP contribution in [0.2, 0.25) is 0 Å². The van der Waals surface area contributed by atoms with Gasteiger partial charge in [-0.25, -0.2) is 0 Å². The van der Waals surface area contributed by atoms with Crippen LogP contribution in [0.15, 0.2) is 55.1 Å². The summed E-state index contributed by atoms with van der Waals surface area (Å²) >= 11 is 0. The first kappa shape index (κ1) is 18.4. The topological polar surface area (TPSA) is 69.7 Å². The third-order valence-electron chi connectivity index (χ3n) is 4.70. The molecule has 0 saturated carbocycles. The molecule has 2 aromatic carbocycles. The van der Waals surface area contributed by atoms with Gasteiger partial charge >= 0.3 is 0 Å². The van der Waals surface area contributed by atoms with Gasteiger partial charge in [0.15, 0.2) is 0 Å². The van der Waals surface area contributed by atoms with Gasteiger partial charge in [0.25, 0.3) is 5.91 Å². The average Bonchev–Trinajstić information content (AvgIpc) is 2.69. The minimum absolute atomic E-state index is 0.0966. The van der Waals surface area contributed by atoms with Crippen molar-refractivity contribution in [3.63, 3.8) is 0 Å². The van der Waals surface area contributed by atoms with Crippen LogP contribution in [0.3, 0.4) is 0 Å². The first-order chi connectivity index (χ1) is 12.9. The molecule has 1 aliphatic rings. The number of amides is 3. The predicted molar refractivity (Wildman–Crippen MR) is 106 cm³/mol. The number of hydrogen-bond donors (Lipinski definition) is 1. The van der Waals surface area contributed by atoms with E-state index in [9.17, 15) is 14.4 Å². The number of likely N-dealkylation sites (N-methyl/N-ethyl adjacent to an activating group) is 1. The Bertz CT molecular complexity index is 919. The van der Waals surface area contributed by atoms with Crippen LogP contribution in [-0.4, -0.2) is 31.8 Å². The second-order valence-corrected chi connectivity index (χ2v) is 6.40. The van der Waals surface area contributed by atoms with Crippen molar-refractivity contribution >= 4 is 34.8 Å². The maximum atomic E-state index is 12.5. The smallest absolute Gasteiger partial charge is 0.255 e. The summed E-state index contributed by atoms with van der Waals surface area (Å²) < 4.78 is 0. The summed E-state index contributed by atoms with van der Waals surface area (Å²) in [6.07, 6.45) is 2.38. The van der Waals surface area contributed by atoms with Gasteiger partial charge in [-0.1, -0.05) is 6.58 Å². The van der Waals surface area contributed by atoms with E-state index in [-0.39, 0.29) is 17.7 Å². The number of carbonyl (C=O) groups excluding carboxylic acids is 3. The number of nitrogens with zero attached hydrogens (tertiary/aromatic N) is 2. The van der Waals surface area contributed by atoms with E-state index in [0.29, 0.717) is 29.8 Å². The number of hydrogen-bond acceptors (Lipinski definition) is 3. The number of aryl methyl sites for hydroxylation is 1. The van der Waals surface area contributed by atoms with Gasteiger partial charge in [0.2, 0.25) is 11.8 Å². The molecule has 0 aromatic heterocycles. The Balaban J connectivity index is 1.73. The Kier molecular flexibility index (Phi) is 5.07. The zero-order chi connectivity index (χ0) is 19.6. The molecule has 0 fully saturated rings. The maximum Gasteiger partial charge on any atom is 0.255 e. The third kappa shape index (κ3) is 3.74. The van der Waals surface area contributed by atoms with Crippen LogP contribution in [0.25, 0.3) is 0 Å². The summed E-state index contributed by atoms with van der Waals surface area (Å²) in [6, 6.07) is 12.3. The van der Waals surface area contributed by atoms with Crippen molar-refractivity contribution in [3.05, 3.63) is 66.2 Å². The molecular weight excluding hydrogens is 342 g/mol. The second kappa shape index (κ2) is 7.45. The molecule has 2 aromatic rings. The SMILES string of the molecule is C=CC(=O)N(C)c1ccc(C(=O)Nc2ccc3c(c2)CCC(=O)N3C)cc1. The Labute approximate surface area is 158 Å². The summed E-state index contributed by atoms with van der Waals surface area (Å²) in [5.41, 5.74) is 3.77. The molecule has 27 heavy (non-hydrogen) atoms. The quantitative estimate of drug-likeness (QED) is 0.849. The fraction of sp³-hybridized carbons (Fsp3) is 0.190. The van der Waals surface area contributed by atoms with E-state index in [0.717, 1.165) is 11.3 Å². The van der Waals surface area contributed by atoms with Gasteiger partial charge in [-0.2, -0.15) is 0 Å². The molecule has 0 bridgehead atoms. The molecule has 3 amide bonds. The summed E-state index contributed by atoms with van der Waals surface area (Å²) in [6.45, 7) is 3.46. The molecule has 0 atom stereocenters. The molecule has 6 heteroatoms. The molecule has 0 radical (unpaired) electrons. The van der Waals surface area contributed by atoms with Crippen molar-refractivity contribution in [2.75, 3.05) is 29.2 Å². The van der Waals surface area contributed by atoms with Crippen LogP contribution in [0.4, 0.5) is 17.1 Å². The lowest BCUT2D eigenvalue weighted by Crippen LogP contribution is -2.31. The Hall–Kier alpha value is -3.41. The second-order valence-electron chi connectivity index (χ2n) is 6.40. The van der Waals surface area contributed by atoms with Gasteiger partial charge in [-0.15, -0.1) is 0 Å². The lowest BCUT2D eigenvalue weighted by atomic mass is 10.0. The molecule has 1 N–H and O–H groups in total. The Morgan fingerprint density at radius 3 is 2.52 bits per heavy atom. The van der Waals surface area contributed by atoms with E-state index >= 15 is 0 Å². The van der Waals surface area contributed by atoms with Crippen LogP contribution in [-0.2, 0) is 16.0 Å². The molecule has 138 valence electrons. The summed E-state index contributed by atoms with van der Waals surface area (Å²) in [5.74, 6) is -0.358. The standard InChI is InChI=1S/C21H21N3O3/c1-4-19(25)23(2)17-9-5-14(6-10-17)21(27)22-16-8-11-18-15(13-16)7-12-20(26)24(18)3/h4-6,8-11,13H,1,7,12H2,2-3H3,(H,22,27). The highest BCUT2D eigenvalue weighted by molar-refractivity contribution is 6.05. The summed E-state index contributed by atoms with van der Waals surface area (Å²) in [5, 5.41) is 2.88. The highest BCUT2D eigenvalue weighted by Gasteiger charge is 2.21. The van der Waals surface area contributed by atoms with E-state index in [2.05, 4.69) is 11.9 Å². The minimum Gasteiger partial charge on any atom is -0.322 e. The minimum atomic E-state index is -0.237. The molecule has 1 heterocycles. The number of rotatable bonds is 4. The molecule has 0 unspecified atom stereocenters. The van der Waals surface area contributed by atoms with Crippen molar-refractivity contribution < 1.29 is 14.4 Å².